The minimum atomic E-state index is -0.159. The zero-order valence-corrected chi connectivity index (χ0v) is 17.7. The quantitative estimate of drug-likeness (QED) is 0.368. The maximum absolute atomic E-state index is 12.5. The maximum atomic E-state index is 12.5. The second kappa shape index (κ2) is 8.37. The third kappa shape index (κ3) is 3.85. The van der Waals surface area contributed by atoms with E-state index in [2.05, 4.69) is 20.3 Å². The standard InChI is InChI=1S/C21H16ClN7OS/c22-16-4-6-17(7-5-16)29-19(15-8-10-23-11-9-15)24-25-20(29)31-14-13-28-21(30)27-12-2-1-3-18(27)26-28/h1-12H,13-14H2. The highest BCUT2D eigenvalue weighted by molar-refractivity contribution is 7.99. The molecule has 0 N–H and O–H groups in total. The number of hydrogen-bond donors (Lipinski definition) is 0. The molecule has 0 fully saturated rings. The Morgan fingerprint density at radius 1 is 0.968 bits per heavy atom. The van der Waals surface area contributed by atoms with Crippen molar-refractivity contribution >= 4 is 29.0 Å². The Balaban J connectivity index is 1.44. The molecule has 1 aromatic carbocycles. The highest BCUT2D eigenvalue weighted by atomic mass is 35.5. The van der Waals surface area contributed by atoms with Crippen molar-refractivity contribution in [1.29, 1.82) is 0 Å². The van der Waals surface area contributed by atoms with Gasteiger partial charge in [-0.25, -0.2) is 9.48 Å². The topological polar surface area (TPSA) is 82.9 Å². The molecule has 0 bridgehead atoms. The van der Waals surface area contributed by atoms with Crippen molar-refractivity contribution in [3.63, 3.8) is 0 Å². The SMILES string of the molecule is O=c1n(CCSc2nnc(-c3ccncc3)n2-c2ccc(Cl)cc2)nc2ccccn12. The number of thioether (sulfide) groups is 1. The largest absolute Gasteiger partial charge is 0.350 e. The van der Waals surface area contributed by atoms with Crippen molar-refractivity contribution in [3.8, 4) is 17.1 Å². The number of rotatable bonds is 6. The highest BCUT2D eigenvalue weighted by Crippen LogP contribution is 2.28. The molecule has 0 unspecified atom stereocenters. The van der Waals surface area contributed by atoms with Crippen molar-refractivity contribution in [1.82, 2.24) is 33.9 Å². The van der Waals surface area contributed by atoms with Crippen molar-refractivity contribution < 1.29 is 0 Å². The Morgan fingerprint density at radius 3 is 2.55 bits per heavy atom. The number of nitrogens with zero attached hydrogens (tertiary/aromatic N) is 7. The van der Waals surface area contributed by atoms with E-state index in [0.717, 1.165) is 11.3 Å². The molecule has 5 rings (SSSR count). The van der Waals surface area contributed by atoms with Gasteiger partial charge in [-0.3, -0.25) is 14.0 Å². The van der Waals surface area contributed by atoms with Crippen LogP contribution in [0.2, 0.25) is 5.02 Å². The zero-order chi connectivity index (χ0) is 21.2. The molecule has 0 radical (unpaired) electrons. The van der Waals surface area contributed by atoms with E-state index in [4.69, 9.17) is 11.6 Å². The van der Waals surface area contributed by atoms with E-state index in [1.54, 1.807) is 18.6 Å². The Labute approximate surface area is 186 Å². The van der Waals surface area contributed by atoms with Gasteiger partial charge in [0.1, 0.15) is 0 Å². The van der Waals surface area contributed by atoms with E-state index in [9.17, 15) is 4.79 Å². The first-order valence-electron chi connectivity index (χ1n) is 9.49. The van der Waals surface area contributed by atoms with Crippen LogP contribution in [-0.2, 0) is 6.54 Å². The molecule has 0 saturated heterocycles. The fraction of sp³-hybridized carbons (Fsp3) is 0.0952. The molecule has 4 heterocycles. The van der Waals surface area contributed by atoms with Gasteiger partial charge in [0.05, 0.1) is 6.54 Å². The summed E-state index contributed by atoms with van der Waals surface area (Å²) in [4.78, 5) is 16.6. The smallest absolute Gasteiger partial charge is 0.270 e. The van der Waals surface area contributed by atoms with Crippen LogP contribution in [0.3, 0.4) is 0 Å². The van der Waals surface area contributed by atoms with Crippen LogP contribution < -0.4 is 5.69 Å². The number of fused-ring (bicyclic) bond motifs is 1. The van der Waals surface area contributed by atoms with Gasteiger partial charge in [0.2, 0.25) is 0 Å². The van der Waals surface area contributed by atoms with Crippen LogP contribution in [0.4, 0.5) is 0 Å². The van der Waals surface area contributed by atoms with Gasteiger partial charge in [-0.05, 0) is 48.5 Å². The predicted octanol–water partition coefficient (Wildman–Crippen LogP) is 3.58. The second-order valence-corrected chi connectivity index (χ2v) is 8.14. The molecule has 0 amide bonds. The molecule has 31 heavy (non-hydrogen) atoms. The summed E-state index contributed by atoms with van der Waals surface area (Å²) < 4.78 is 4.97. The van der Waals surface area contributed by atoms with E-state index in [1.165, 1.54) is 20.8 Å². The van der Waals surface area contributed by atoms with Gasteiger partial charge in [-0.15, -0.1) is 15.3 Å². The summed E-state index contributed by atoms with van der Waals surface area (Å²) in [6, 6.07) is 16.8. The van der Waals surface area contributed by atoms with E-state index < -0.39 is 0 Å². The number of pyridine rings is 2. The molecule has 5 aromatic rings. The third-order valence-corrected chi connectivity index (χ3v) is 5.84. The number of halogens is 1. The van der Waals surface area contributed by atoms with Crippen molar-refractivity contribution in [3.05, 3.63) is 88.7 Å². The molecule has 0 saturated carbocycles. The normalized spacial score (nSPS) is 11.3. The van der Waals surface area contributed by atoms with Crippen molar-refractivity contribution in [2.75, 3.05) is 5.75 Å². The monoisotopic (exact) mass is 449 g/mol. The first-order valence-corrected chi connectivity index (χ1v) is 10.9. The first kappa shape index (κ1) is 19.5. The molecular weight excluding hydrogens is 434 g/mol. The van der Waals surface area contributed by atoms with Gasteiger partial charge in [0.25, 0.3) is 0 Å². The van der Waals surface area contributed by atoms with E-state index in [1.807, 2.05) is 59.2 Å². The van der Waals surface area contributed by atoms with Crippen LogP contribution in [0.15, 0.2) is 83.1 Å². The minimum absolute atomic E-state index is 0.159. The molecular formula is C21H16ClN7OS. The molecule has 10 heteroatoms. The molecule has 0 atom stereocenters. The molecule has 154 valence electrons. The number of hydrogen-bond acceptors (Lipinski definition) is 6. The lowest BCUT2D eigenvalue weighted by Crippen LogP contribution is -2.22. The third-order valence-electron chi connectivity index (χ3n) is 4.68. The van der Waals surface area contributed by atoms with Crippen molar-refractivity contribution in [2.24, 2.45) is 0 Å². The van der Waals surface area contributed by atoms with Crippen LogP contribution in [0.1, 0.15) is 0 Å². The van der Waals surface area contributed by atoms with Crippen LogP contribution >= 0.6 is 23.4 Å². The second-order valence-electron chi connectivity index (χ2n) is 6.64. The number of aromatic nitrogens is 7. The Bertz CT molecular complexity index is 1390. The van der Waals surface area contributed by atoms with E-state index >= 15 is 0 Å². The van der Waals surface area contributed by atoms with Crippen LogP contribution in [0.5, 0.6) is 0 Å². The summed E-state index contributed by atoms with van der Waals surface area (Å²) in [5.41, 5.74) is 2.27. The van der Waals surface area contributed by atoms with Crippen LogP contribution in [0, 0.1) is 0 Å². The van der Waals surface area contributed by atoms with Gasteiger partial charge >= 0.3 is 5.69 Å². The lowest BCUT2D eigenvalue weighted by atomic mass is 10.2. The minimum Gasteiger partial charge on any atom is -0.270 e. The summed E-state index contributed by atoms with van der Waals surface area (Å²) in [6.45, 7) is 0.448. The van der Waals surface area contributed by atoms with E-state index in [0.29, 0.717) is 33.9 Å². The van der Waals surface area contributed by atoms with Crippen LogP contribution in [0.25, 0.3) is 22.7 Å². The Hall–Kier alpha value is -3.43. The fourth-order valence-corrected chi connectivity index (χ4v) is 4.20. The summed E-state index contributed by atoms with van der Waals surface area (Å²) in [7, 11) is 0. The zero-order valence-electron chi connectivity index (χ0n) is 16.2. The molecule has 0 spiro atoms. The summed E-state index contributed by atoms with van der Waals surface area (Å²) in [5.74, 6) is 1.31. The average Bonchev–Trinajstić information content (AvgIpc) is 3.37. The fourth-order valence-electron chi connectivity index (χ4n) is 3.21. The average molecular weight is 450 g/mol. The molecule has 0 aliphatic rings. The predicted molar refractivity (Wildman–Crippen MR) is 120 cm³/mol. The lowest BCUT2D eigenvalue weighted by Gasteiger charge is -2.10. The summed E-state index contributed by atoms with van der Waals surface area (Å²) in [6.07, 6.45) is 5.16. The summed E-state index contributed by atoms with van der Waals surface area (Å²) >= 11 is 7.58. The number of benzene rings is 1. The highest BCUT2D eigenvalue weighted by Gasteiger charge is 2.16. The van der Waals surface area contributed by atoms with Gasteiger partial charge in [-0.2, -0.15) is 0 Å². The van der Waals surface area contributed by atoms with E-state index in [-0.39, 0.29) is 5.69 Å². The van der Waals surface area contributed by atoms with Crippen molar-refractivity contribution in [2.45, 2.75) is 11.7 Å². The first-order chi connectivity index (χ1) is 15.2. The maximum Gasteiger partial charge on any atom is 0.350 e. The molecule has 0 aliphatic carbocycles. The molecule has 4 aromatic heterocycles. The lowest BCUT2D eigenvalue weighted by molar-refractivity contribution is 0.639. The summed E-state index contributed by atoms with van der Waals surface area (Å²) in [5, 5.41) is 14.5. The van der Waals surface area contributed by atoms with Gasteiger partial charge in [-0.1, -0.05) is 29.4 Å². The van der Waals surface area contributed by atoms with Gasteiger partial charge in [0.15, 0.2) is 16.6 Å². The van der Waals surface area contributed by atoms with Gasteiger partial charge < -0.3 is 0 Å². The molecule has 0 aliphatic heterocycles. The van der Waals surface area contributed by atoms with Gasteiger partial charge in [0, 0.05) is 40.6 Å². The Morgan fingerprint density at radius 2 is 1.77 bits per heavy atom. The number of aryl methyl sites for hydroxylation is 1. The Kier molecular flexibility index (Phi) is 5.27. The molecule has 8 nitrogen and oxygen atoms in total. The van der Waals surface area contributed by atoms with Crippen LogP contribution in [-0.4, -0.2) is 39.7 Å².